The Kier molecular flexibility index (Phi) is 5.08. The molecule has 0 aliphatic rings. The number of halogens is 1. The van der Waals surface area contributed by atoms with Gasteiger partial charge in [0.15, 0.2) is 7.14 Å². The minimum absolute atomic E-state index is 0.0959. The van der Waals surface area contributed by atoms with Crippen molar-refractivity contribution in [3.63, 3.8) is 0 Å². The molecule has 2 aromatic carbocycles. The van der Waals surface area contributed by atoms with E-state index < -0.39 is 12.7 Å². The topological polar surface area (TPSA) is 37.3 Å². The molecular formula is C18H18ClO2P. The van der Waals surface area contributed by atoms with Gasteiger partial charge in [0.1, 0.15) is 5.60 Å². The number of benzene rings is 2. The van der Waals surface area contributed by atoms with Crippen LogP contribution in [0.25, 0.3) is 0 Å². The van der Waals surface area contributed by atoms with E-state index in [9.17, 15) is 9.67 Å². The lowest BCUT2D eigenvalue weighted by molar-refractivity contribution is 0.159. The van der Waals surface area contributed by atoms with E-state index in [-0.39, 0.29) is 5.03 Å². The van der Waals surface area contributed by atoms with Crippen molar-refractivity contribution in [3.8, 4) is 0 Å². The maximum Gasteiger partial charge on any atom is 0.165 e. The van der Waals surface area contributed by atoms with Gasteiger partial charge in [-0.2, -0.15) is 0 Å². The molecule has 2 rings (SSSR count). The van der Waals surface area contributed by atoms with E-state index >= 15 is 0 Å². The molecular weight excluding hydrogens is 315 g/mol. The highest BCUT2D eigenvalue weighted by atomic mass is 35.5. The third-order valence-corrected chi connectivity index (χ3v) is 6.85. The first-order valence-corrected chi connectivity index (χ1v) is 9.01. The van der Waals surface area contributed by atoms with Crippen LogP contribution in [0.4, 0.5) is 0 Å². The molecule has 0 amide bonds. The molecule has 1 unspecified atom stereocenters. The van der Waals surface area contributed by atoms with Crippen LogP contribution in [-0.4, -0.2) is 10.7 Å². The Bertz CT molecular complexity index is 678. The Morgan fingerprint density at radius 2 is 1.50 bits per heavy atom. The van der Waals surface area contributed by atoms with E-state index in [1.54, 1.807) is 24.3 Å². The fourth-order valence-electron chi connectivity index (χ4n) is 1.98. The molecule has 0 saturated heterocycles. The molecule has 1 atom stereocenters. The molecule has 1 N–H and O–H groups in total. The molecule has 0 aromatic heterocycles. The van der Waals surface area contributed by atoms with Crippen LogP contribution in [0.5, 0.6) is 0 Å². The molecule has 2 nitrogen and oxygen atoms in total. The van der Waals surface area contributed by atoms with Crippen LogP contribution in [0.15, 0.2) is 84.2 Å². The van der Waals surface area contributed by atoms with Crippen molar-refractivity contribution < 1.29 is 9.67 Å². The standard InChI is InChI=1S/C18H18ClO2P/c1-3-18(2,20)17(19)14-22(21,15-10-6-4-7-11-15)16-12-8-5-9-13-16/h3-14,20H,1H2,2H3/b17-14+. The zero-order valence-corrected chi connectivity index (χ0v) is 14.0. The summed E-state index contributed by atoms with van der Waals surface area (Å²) >= 11 is 6.22. The molecule has 0 heterocycles. The Morgan fingerprint density at radius 3 is 1.86 bits per heavy atom. The Labute approximate surface area is 136 Å². The monoisotopic (exact) mass is 332 g/mol. The zero-order chi connectivity index (χ0) is 16.2. The van der Waals surface area contributed by atoms with Crippen molar-refractivity contribution in [3.05, 3.63) is 84.2 Å². The van der Waals surface area contributed by atoms with E-state index in [1.807, 2.05) is 36.4 Å². The summed E-state index contributed by atoms with van der Waals surface area (Å²) in [5.41, 5.74) is -1.42. The van der Waals surface area contributed by atoms with Crippen molar-refractivity contribution in [2.75, 3.05) is 0 Å². The molecule has 0 aliphatic carbocycles. The van der Waals surface area contributed by atoms with Crippen LogP contribution >= 0.6 is 18.7 Å². The quantitative estimate of drug-likeness (QED) is 0.663. The summed E-state index contributed by atoms with van der Waals surface area (Å²) in [5, 5.41) is 11.6. The molecule has 114 valence electrons. The van der Waals surface area contributed by atoms with Crippen molar-refractivity contribution >= 4 is 29.4 Å². The second-order valence-electron chi connectivity index (χ2n) is 5.16. The van der Waals surface area contributed by atoms with Gasteiger partial charge >= 0.3 is 0 Å². The summed E-state index contributed by atoms with van der Waals surface area (Å²) in [7, 11) is -3.09. The third-order valence-electron chi connectivity index (χ3n) is 3.46. The van der Waals surface area contributed by atoms with Gasteiger partial charge in [-0.05, 0) is 6.92 Å². The van der Waals surface area contributed by atoms with Gasteiger partial charge in [-0.1, -0.05) is 84.9 Å². The predicted octanol–water partition coefficient (Wildman–Crippen LogP) is 4.02. The van der Waals surface area contributed by atoms with E-state index in [0.29, 0.717) is 10.6 Å². The summed E-state index contributed by atoms with van der Waals surface area (Å²) in [4.78, 5) is 0. The maximum atomic E-state index is 13.7. The highest BCUT2D eigenvalue weighted by Gasteiger charge is 2.29. The summed E-state index contributed by atoms with van der Waals surface area (Å²) < 4.78 is 13.7. The maximum absolute atomic E-state index is 13.7. The molecule has 0 aliphatic heterocycles. The first-order valence-electron chi connectivity index (χ1n) is 6.86. The molecule has 4 heteroatoms. The van der Waals surface area contributed by atoms with Gasteiger partial charge in [0.05, 0.1) is 5.03 Å². The molecule has 0 fully saturated rings. The fraction of sp³-hybridized carbons (Fsp3) is 0.111. The number of hydrogen-bond acceptors (Lipinski definition) is 2. The van der Waals surface area contributed by atoms with Crippen molar-refractivity contribution in [2.24, 2.45) is 0 Å². The molecule has 0 saturated carbocycles. The van der Waals surface area contributed by atoms with Crippen LogP contribution in [-0.2, 0) is 4.57 Å². The first-order chi connectivity index (χ1) is 10.4. The predicted molar refractivity (Wildman–Crippen MR) is 94.5 cm³/mol. The van der Waals surface area contributed by atoms with Crippen molar-refractivity contribution in [2.45, 2.75) is 12.5 Å². The highest BCUT2D eigenvalue weighted by Crippen LogP contribution is 2.47. The molecule has 22 heavy (non-hydrogen) atoms. The fourth-order valence-corrected chi connectivity index (χ4v) is 4.88. The highest BCUT2D eigenvalue weighted by molar-refractivity contribution is 7.81. The average Bonchev–Trinajstić information content (AvgIpc) is 2.56. The summed E-state index contributed by atoms with van der Waals surface area (Å²) in [6.45, 7) is 5.08. The lowest BCUT2D eigenvalue weighted by Crippen LogP contribution is -2.22. The summed E-state index contributed by atoms with van der Waals surface area (Å²) in [6.07, 6.45) is 1.33. The first kappa shape index (κ1) is 16.8. The smallest absolute Gasteiger partial charge is 0.165 e. The van der Waals surface area contributed by atoms with Gasteiger partial charge in [-0.3, -0.25) is 0 Å². The largest absolute Gasteiger partial charge is 0.380 e. The SMILES string of the molecule is C=CC(C)(O)/C(Cl)=C\P(=O)(c1ccccc1)c1ccccc1. The van der Waals surface area contributed by atoms with Gasteiger partial charge in [-0.15, -0.1) is 0 Å². The zero-order valence-electron chi connectivity index (χ0n) is 12.3. The van der Waals surface area contributed by atoms with Gasteiger partial charge in [-0.25, -0.2) is 0 Å². The number of hydrogen-bond donors (Lipinski definition) is 1. The minimum atomic E-state index is -3.09. The number of aliphatic hydroxyl groups is 1. The lowest BCUT2D eigenvalue weighted by atomic mass is 10.1. The van der Waals surface area contributed by atoms with E-state index in [4.69, 9.17) is 11.6 Å². The van der Waals surface area contributed by atoms with Gasteiger partial charge in [0.25, 0.3) is 0 Å². The molecule has 0 bridgehead atoms. The summed E-state index contributed by atoms with van der Waals surface area (Å²) in [5.74, 6) is 1.46. The Hall–Kier alpha value is -1.60. The van der Waals surface area contributed by atoms with Crippen molar-refractivity contribution in [1.82, 2.24) is 0 Å². The number of rotatable bonds is 5. The second kappa shape index (κ2) is 6.66. The van der Waals surface area contributed by atoms with Crippen LogP contribution in [0.2, 0.25) is 0 Å². The van der Waals surface area contributed by atoms with Crippen LogP contribution in [0, 0.1) is 0 Å². The Balaban J connectivity index is 2.66. The second-order valence-corrected chi connectivity index (χ2v) is 8.17. The van der Waals surface area contributed by atoms with Crippen LogP contribution in [0.3, 0.4) is 0 Å². The van der Waals surface area contributed by atoms with Gasteiger partial charge in [0.2, 0.25) is 0 Å². The van der Waals surface area contributed by atoms with E-state index in [0.717, 1.165) is 0 Å². The Morgan fingerprint density at radius 1 is 1.09 bits per heavy atom. The van der Waals surface area contributed by atoms with Crippen LogP contribution < -0.4 is 10.6 Å². The average molecular weight is 333 g/mol. The van der Waals surface area contributed by atoms with Crippen LogP contribution in [0.1, 0.15) is 6.92 Å². The minimum Gasteiger partial charge on any atom is -0.380 e. The molecule has 0 radical (unpaired) electrons. The van der Waals surface area contributed by atoms with Crippen molar-refractivity contribution in [1.29, 1.82) is 0 Å². The third kappa shape index (κ3) is 3.41. The lowest BCUT2D eigenvalue weighted by Gasteiger charge is -2.21. The van der Waals surface area contributed by atoms with Gasteiger partial charge < -0.3 is 9.67 Å². The molecule has 0 spiro atoms. The van der Waals surface area contributed by atoms with Gasteiger partial charge in [0, 0.05) is 16.4 Å². The summed E-state index contributed by atoms with van der Waals surface area (Å²) in [6, 6.07) is 18.3. The normalized spacial score (nSPS) is 15.1. The van der Waals surface area contributed by atoms with E-state index in [1.165, 1.54) is 18.8 Å². The molecule has 2 aromatic rings. The van der Waals surface area contributed by atoms with E-state index in [2.05, 4.69) is 6.58 Å².